The maximum absolute atomic E-state index is 13.8. The smallest absolute Gasteiger partial charge is 0.262 e. The molecule has 2 aromatic rings. The second-order valence-electron chi connectivity index (χ2n) is 8.11. The van der Waals surface area contributed by atoms with Gasteiger partial charge in [0, 0.05) is 24.8 Å². The SMILES string of the molecule is Cc1ccc(NC(=O)[C@@H]2CCCN(S(=O)(=O)c3cc4c(cc3C)NC(=O)CO4)C2)cc1F. The first-order valence-corrected chi connectivity index (χ1v) is 11.7. The molecule has 0 aliphatic carbocycles. The van der Waals surface area contributed by atoms with Crippen LogP contribution in [0.15, 0.2) is 35.2 Å². The zero-order chi connectivity index (χ0) is 23.0. The van der Waals surface area contributed by atoms with E-state index in [4.69, 9.17) is 4.74 Å². The third-order valence-electron chi connectivity index (χ3n) is 5.72. The van der Waals surface area contributed by atoms with E-state index in [9.17, 15) is 22.4 Å². The molecule has 2 aromatic carbocycles. The highest BCUT2D eigenvalue weighted by Crippen LogP contribution is 2.35. The van der Waals surface area contributed by atoms with E-state index in [1.54, 1.807) is 32.0 Å². The minimum atomic E-state index is -3.89. The number of carbonyl (C=O) groups excluding carboxylic acids is 2. The van der Waals surface area contributed by atoms with Crippen molar-refractivity contribution in [1.82, 2.24) is 4.31 Å². The quantitative estimate of drug-likeness (QED) is 0.729. The van der Waals surface area contributed by atoms with Crippen molar-refractivity contribution in [2.45, 2.75) is 31.6 Å². The van der Waals surface area contributed by atoms with Gasteiger partial charge in [0.25, 0.3) is 5.91 Å². The number of sulfonamides is 1. The van der Waals surface area contributed by atoms with Crippen LogP contribution in [-0.2, 0) is 19.6 Å². The van der Waals surface area contributed by atoms with E-state index in [0.29, 0.717) is 47.6 Å². The van der Waals surface area contributed by atoms with Gasteiger partial charge in [0.15, 0.2) is 6.61 Å². The van der Waals surface area contributed by atoms with Crippen LogP contribution in [0.5, 0.6) is 5.75 Å². The van der Waals surface area contributed by atoms with Gasteiger partial charge in [-0.3, -0.25) is 9.59 Å². The van der Waals surface area contributed by atoms with Gasteiger partial charge < -0.3 is 15.4 Å². The Balaban J connectivity index is 1.53. The average molecular weight is 462 g/mol. The molecule has 0 radical (unpaired) electrons. The highest BCUT2D eigenvalue weighted by atomic mass is 32.2. The lowest BCUT2D eigenvalue weighted by Gasteiger charge is -2.32. The molecule has 32 heavy (non-hydrogen) atoms. The molecule has 2 aliphatic heterocycles. The molecule has 0 spiro atoms. The number of halogens is 1. The summed E-state index contributed by atoms with van der Waals surface area (Å²) in [6, 6.07) is 7.42. The largest absolute Gasteiger partial charge is 0.482 e. The Bertz CT molecular complexity index is 1200. The van der Waals surface area contributed by atoms with Gasteiger partial charge in [0.2, 0.25) is 15.9 Å². The van der Waals surface area contributed by atoms with E-state index in [1.807, 2.05) is 0 Å². The Hall–Kier alpha value is -2.98. The Kier molecular flexibility index (Phi) is 5.91. The molecule has 1 fully saturated rings. The van der Waals surface area contributed by atoms with E-state index in [0.717, 1.165) is 0 Å². The second kappa shape index (κ2) is 8.51. The lowest BCUT2D eigenvalue weighted by atomic mass is 9.98. The summed E-state index contributed by atoms with van der Waals surface area (Å²) >= 11 is 0. The fraction of sp³-hybridized carbons (Fsp3) is 0.364. The van der Waals surface area contributed by atoms with E-state index < -0.39 is 21.8 Å². The van der Waals surface area contributed by atoms with Gasteiger partial charge in [-0.05, 0) is 56.0 Å². The number of nitrogens with zero attached hydrogens (tertiary/aromatic N) is 1. The summed E-state index contributed by atoms with van der Waals surface area (Å²) in [7, 11) is -3.89. The normalized spacial score (nSPS) is 19.0. The fourth-order valence-electron chi connectivity index (χ4n) is 3.92. The number of fused-ring (bicyclic) bond motifs is 1. The first-order valence-electron chi connectivity index (χ1n) is 10.3. The van der Waals surface area contributed by atoms with Crippen molar-refractivity contribution < 1.29 is 27.1 Å². The third kappa shape index (κ3) is 4.33. The van der Waals surface area contributed by atoms with Crippen LogP contribution in [-0.4, -0.2) is 44.2 Å². The maximum Gasteiger partial charge on any atom is 0.262 e. The summed E-state index contributed by atoms with van der Waals surface area (Å²) < 4.78 is 47.2. The highest BCUT2D eigenvalue weighted by molar-refractivity contribution is 7.89. The van der Waals surface area contributed by atoms with E-state index in [-0.39, 0.29) is 29.9 Å². The molecular weight excluding hydrogens is 437 g/mol. The van der Waals surface area contributed by atoms with Crippen molar-refractivity contribution in [3.63, 3.8) is 0 Å². The standard InChI is InChI=1S/C22H24FN3O5S/c1-13-5-6-16(9-17(13)23)24-22(28)15-4-3-7-26(11-15)32(29,30)20-10-19-18(8-14(20)2)25-21(27)12-31-19/h5-6,8-10,15H,3-4,7,11-12H2,1-2H3,(H,24,28)(H,25,27)/t15-/m1/s1. The first kappa shape index (κ1) is 22.2. The Morgan fingerprint density at radius 1 is 1.22 bits per heavy atom. The van der Waals surface area contributed by atoms with Crippen LogP contribution in [0, 0.1) is 25.6 Å². The number of benzene rings is 2. The van der Waals surface area contributed by atoms with Gasteiger partial charge in [-0.15, -0.1) is 0 Å². The Morgan fingerprint density at radius 3 is 2.75 bits per heavy atom. The number of hydrogen-bond acceptors (Lipinski definition) is 5. The molecule has 2 amide bonds. The number of piperidine rings is 1. The summed E-state index contributed by atoms with van der Waals surface area (Å²) in [4.78, 5) is 24.3. The summed E-state index contributed by atoms with van der Waals surface area (Å²) in [5, 5.41) is 5.35. The lowest BCUT2D eigenvalue weighted by molar-refractivity contribution is -0.121. The minimum Gasteiger partial charge on any atom is -0.482 e. The van der Waals surface area contributed by atoms with Gasteiger partial charge in [0.05, 0.1) is 16.5 Å². The molecule has 0 saturated carbocycles. The third-order valence-corrected chi connectivity index (χ3v) is 7.73. The minimum absolute atomic E-state index is 0.0244. The zero-order valence-corrected chi connectivity index (χ0v) is 18.6. The van der Waals surface area contributed by atoms with Crippen molar-refractivity contribution in [1.29, 1.82) is 0 Å². The van der Waals surface area contributed by atoms with Gasteiger partial charge in [-0.1, -0.05) is 6.07 Å². The first-order chi connectivity index (χ1) is 15.1. The molecule has 10 heteroatoms. The van der Waals surface area contributed by atoms with E-state index in [1.165, 1.54) is 16.4 Å². The van der Waals surface area contributed by atoms with Crippen LogP contribution >= 0.6 is 0 Å². The Labute approximate surface area is 185 Å². The molecule has 2 heterocycles. The van der Waals surface area contributed by atoms with Crippen molar-refractivity contribution in [3.8, 4) is 5.75 Å². The molecule has 0 aromatic heterocycles. The van der Waals surface area contributed by atoms with Gasteiger partial charge >= 0.3 is 0 Å². The number of anilines is 2. The van der Waals surface area contributed by atoms with E-state index >= 15 is 0 Å². The number of hydrogen-bond donors (Lipinski definition) is 2. The summed E-state index contributed by atoms with van der Waals surface area (Å²) in [6.45, 7) is 3.41. The van der Waals surface area contributed by atoms with Gasteiger partial charge in [0.1, 0.15) is 11.6 Å². The molecular formula is C22H24FN3O5S. The summed E-state index contributed by atoms with van der Waals surface area (Å²) in [5.41, 5.74) is 1.71. The number of ether oxygens (including phenoxy) is 1. The molecule has 170 valence electrons. The summed E-state index contributed by atoms with van der Waals surface area (Å²) in [6.07, 6.45) is 1.06. The molecule has 1 atom stereocenters. The van der Waals surface area contributed by atoms with Crippen LogP contribution < -0.4 is 15.4 Å². The van der Waals surface area contributed by atoms with Crippen LogP contribution in [0.4, 0.5) is 15.8 Å². The van der Waals surface area contributed by atoms with Gasteiger partial charge in [-0.2, -0.15) is 4.31 Å². The van der Waals surface area contributed by atoms with Crippen molar-refractivity contribution >= 4 is 33.2 Å². The zero-order valence-electron chi connectivity index (χ0n) is 17.8. The molecule has 0 bridgehead atoms. The van der Waals surface area contributed by atoms with Crippen LogP contribution in [0.2, 0.25) is 0 Å². The average Bonchev–Trinajstić information content (AvgIpc) is 2.75. The van der Waals surface area contributed by atoms with Crippen LogP contribution in [0.3, 0.4) is 0 Å². The topological polar surface area (TPSA) is 105 Å². The molecule has 8 nitrogen and oxygen atoms in total. The molecule has 1 saturated heterocycles. The number of rotatable bonds is 4. The monoisotopic (exact) mass is 461 g/mol. The predicted molar refractivity (Wildman–Crippen MR) is 117 cm³/mol. The van der Waals surface area contributed by atoms with E-state index in [2.05, 4.69) is 10.6 Å². The van der Waals surface area contributed by atoms with Gasteiger partial charge in [-0.25, -0.2) is 12.8 Å². The second-order valence-corrected chi connectivity index (χ2v) is 10.0. The van der Waals surface area contributed by atoms with Crippen molar-refractivity contribution in [2.75, 3.05) is 30.3 Å². The maximum atomic E-state index is 13.8. The summed E-state index contributed by atoms with van der Waals surface area (Å²) in [5.74, 6) is -1.33. The lowest BCUT2D eigenvalue weighted by Crippen LogP contribution is -2.43. The molecule has 0 unspecified atom stereocenters. The fourth-order valence-corrected chi connectivity index (χ4v) is 5.67. The van der Waals surface area contributed by atoms with Crippen LogP contribution in [0.25, 0.3) is 0 Å². The van der Waals surface area contributed by atoms with Crippen LogP contribution in [0.1, 0.15) is 24.0 Å². The van der Waals surface area contributed by atoms with Crippen molar-refractivity contribution in [3.05, 3.63) is 47.3 Å². The molecule has 2 N–H and O–H groups in total. The molecule has 2 aliphatic rings. The Morgan fingerprint density at radius 2 is 2.00 bits per heavy atom. The number of amides is 2. The number of nitrogens with one attached hydrogen (secondary N) is 2. The predicted octanol–water partition coefficient (Wildman–Crippen LogP) is 2.81. The number of carbonyl (C=O) groups is 2. The highest BCUT2D eigenvalue weighted by Gasteiger charge is 2.35. The number of aryl methyl sites for hydroxylation is 2. The molecule has 4 rings (SSSR count). The van der Waals surface area contributed by atoms with Crippen molar-refractivity contribution in [2.24, 2.45) is 5.92 Å².